The standard InChI is InChI=1S/C13H20N2O2S.ClH/c1-2-11-5-7-13(8-6-11)18(16,17)15-12-4-3-9-14-10-12;/h5-8,12,14-15H,2-4,9-10H2,1H3;1H. The summed E-state index contributed by atoms with van der Waals surface area (Å²) in [4.78, 5) is 0.352. The summed E-state index contributed by atoms with van der Waals surface area (Å²) in [6.45, 7) is 3.74. The van der Waals surface area contributed by atoms with Gasteiger partial charge in [-0.25, -0.2) is 13.1 Å². The van der Waals surface area contributed by atoms with Crippen LogP contribution in [-0.2, 0) is 16.4 Å². The molecule has 1 unspecified atom stereocenters. The van der Waals surface area contributed by atoms with Gasteiger partial charge in [0.05, 0.1) is 4.90 Å². The molecule has 0 aliphatic carbocycles. The zero-order chi connectivity index (χ0) is 13.0. The maximum atomic E-state index is 12.2. The normalized spacial score (nSPS) is 19.7. The number of rotatable bonds is 4. The number of piperidine rings is 1. The van der Waals surface area contributed by atoms with E-state index in [1.54, 1.807) is 12.1 Å². The van der Waals surface area contributed by atoms with Crippen LogP contribution >= 0.6 is 12.4 Å². The molecule has 2 rings (SSSR count). The first kappa shape index (κ1) is 16.4. The predicted octanol–water partition coefficient (Wildman–Crippen LogP) is 1.70. The van der Waals surface area contributed by atoms with Crippen molar-refractivity contribution in [3.8, 4) is 0 Å². The van der Waals surface area contributed by atoms with E-state index in [4.69, 9.17) is 0 Å². The maximum absolute atomic E-state index is 12.2. The zero-order valence-electron chi connectivity index (χ0n) is 11.1. The lowest BCUT2D eigenvalue weighted by Crippen LogP contribution is -2.45. The van der Waals surface area contributed by atoms with Crippen LogP contribution in [0.25, 0.3) is 0 Å². The molecule has 2 N–H and O–H groups in total. The Morgan fingerprint density at radius 2 is 2.00 bits per heavy atom. The molecular weight excluding hydrogens is 284 g/mol. The Bertz CT molecular complexity index is 482. The van der Waals surface area contributed by atoms with E-state index >= 15 is 0 Å². The van der Waals surface area contributed by atoms with E-state index in [0.29, 0.717) is 11.4 Å². The second-order valence-electron chi connectivity index (χ2n) is 4.66. The van der Waals surface area contributed by atoms with Crippen molar-refractivity contribution in [1.82, 2.24) is 10.0 Å². The highest BCUT2D eigenvalue weighted by Gasteiger charge is 2.21. The van der Waals surface area contributed by atoms with Gasteiger partial charge in [-0.15, -0.1) is 12.4 Å². The molecule has 1 aliphatic heterocycles. The van der Waals surface area contributed by atoms with E-state index in [9.17, 15) is 8.42 Å². The Morgan fingerprint density at radius 3 is 2.53 bits per heavy atom. The summed E-state index contributed by atoms with van der Waals surface area (Å²) in [5.74, 6) is 0. The average Bonchev–Trinajstić information content (AvgIpc) is 2.39. The van der Waals surface area contributed by atoms with Crippen molar-refractivity contribution in [2.45, 2.75) is 37.1 Å². The monoisotopic (exact) mass is 304 g/mol. The van der Waals surface area contributed by atoms with E-state index in [-0.39, 0.29) is 18.4 Å². The highest BCUT2D eigenvalue weighted by molar-refractivity contribution is 7.89. The SMILES string of the molecule is CCc1ccc(S(=O)(=O)NC2CCCNC2)cc1.Cl. The molecule has 1 fully saturated rings. The van der Waals surface area contributed by atoms with Crippen LogP contribution in [0, 0.1) is 0 Å². The fraction of sp³-hybridized carbons (Fsp3) is 0.538. The summed E-state index contributed by atoms with van der Waals surface area (Å²) in [6.07, 6.45) is 2.83. The largest absolute Gasteiger partial charge is 0.315 e. The van der Waals surface area contributed by atoms with Crippen LogP contribution in [0.15, 0.2) is 29.2 Å². The Kier molecular flexibility index (Phi) is 6.26. The molecule has 0 bridgehead atoms. The summed E-state index contributed by atoms with van der Waals surface area (Å²) < 4.78 is 27.1. The van der Waals surface area contributed by atoms with Gasteiger partial charge in [0, 0.05) is 12.6 Å². The van der Waals surface area contributed by atoms with Crippen molar-refractivity contribution < 1.29 is 8.42 Å². The highest BCUT2D eigenvalue weighted by atomic mass is 35.5. The highest BCUT2D eigenvalue weighted by Crippen LogP contribution is 2.13. The fourth-order valence-corrected chi connectivity index (χ4v) is 3.41. The minimum atomic E-state index is -3.37. The van der Waals surface area contributed by atoms with E-state index in [0.717, 1.165) is 31.4 Å². The number of halogens is 1. The van der Waals surface area contributed by atoms with Crippen LogP contribution in [0.4, 0.5) is 0 Å². The third-order valence-corrected chi connectivity index (χ3v) is 4.80. The molecule has 1 aromatic rings. The molecular formula is C13H21ClN2O2S. The van der Waals surface area contributed by atoms with Crippen molar-refractivity contribution in [2.75, 3.05) is 13.1 Å². The summed E-state index contributed by atoms with van der Waals surface area (Å²) in [5.41, 5.74) is 1.15. The number of hydrogen-bond acceptors (Lipinski definition) is 3. The first-order chi connectivity index (χ1) is 8.62. The van der Waals surface area contributed by atoms with Gasteiger partial charge in [0.2, 0.25) is 10.0 Å². The average molecular weight is 305 g/mol. The van der Waals surface area contributed by atoms with Gasteiger partial charge in [-0.2, -0.15) is 0 Å². The van der Waals surface area contributed by atoms with Crippen molar-refractivity contribution in [3.05, 3.63) is 29.8 Å². The van der Waals surface area contributed by atoms with Gasteiger partial charge in [0.25, 0.3) is 0 Å². The molecule has 0 saturated carbocycles. The van der Waals surface area contributed by atoms with Crippen LogP contribution in [-0.4, -0.2) is 27.5 Å². The molecule has 1 aromatic carbocycles. The minimum Gasteiger partial charge on any atom is -0.315 e. The smallest absolute Gasteiger partial charge is 0.240 e. The van der Waals surface area contributed by atoms with Gasteiger partial charge >= 0.3 is 0 Å². The molecule has 0 spiro atoms. The van der Waals surface area contributed by atoms with E-state index in [1.807, 2.05) is 12.1 Å². The summed E-state index contributed by atoms with van der Waals surface area (Å²) in [5, 5.41) is 3.20. The topological polar surface area (TPSA) is 58.2 Å². The Labute approximate surface area is 121 Å². The van der Waals surface area contributed by atoms with Crippen molar-refractivity contribution in [3.63, 3.8) is 0 Å². The second kappa shape index (κ2) is 7.24. The number of sulfonamides is 1. The van der Waals surface area contributed by atoms with Crippen molar-refractivity contribution in [2.24, 2.45) is 0 Å². The molecule has 1 heterocycles. The minimum absolute atomic E-state index is 0. The van der Waals surface area contributed by atoms with Crippen LogP contribution in [0.5, 0.6) is 0 Å². The van der Waals surface area contributed by atoms with Crippen LogP contribution in [0.3, 0.4) is 0 Å². The number of aryl methyl sites for hydroxylation is 1. The fourth-order valence-electron chi connectivity index (χ4n) is 2.14. The lowest BCUT2D eigenvalue weighted by atomic mass is 10.1. The lowest BCUT2D eigenvalue weighted by Gasteiger charge is -2.23. The van der Waals surface area contributed by atoms with Gasteiger partial charge in [-0.3, -0.25) is 0 Å². The zero-order valence-corrected chi connectivity index (χ0v) is 12.7. The molecule has 6 heteroatoms. The molecule has 4 nitrogen and oxygen atoms in total. The first-order valence-corrected chi connectivity index (χ1v) is 7.92. The van der Waals surface area contributed by atoms with Gasteiger partial charge in [-0.05, 0) is 43.5 Å². The predicted molar refractivity (Wildman–Crippen MR) is 79.3 cm³/mol. The maximum Gasteiger partial charge on any atom is 0.240 e. The van der Waals surface area contributed by atoms with E-state index < -0.39 is 10.0 Å². The van der Waals surface area contributed by atoms with Gasteiger partial charge in [0.15, 0.2) is 0 Å². The number of nitrogens with one attached hydrogen (secondary N) is 2. The quantitative estimate of drug-likeness (QED) is 0.890. The Balaban J connectivity index is 0.00000180. The van der Waals surface area contributed by atoms with Crippen molar-refractivity contribution >= 4 is 22.4 Å². The second-order valence-corrected chi connectivity index (χ2v) is 6.38. The molecule has 0 amide bonds. The van der Waals surface area contributed by atoms with Gasteiger partial charge in [0.1, 0.15) is 0 Å². The number of benzene rings is 1. The van der Waals surface area contributed by atoms with Crippen LogP contribution < -0.4 is 10.0 Å². The summed E-state index contributed by atoms with van der Waals surface area (Å²) >= 11 is 0. The summed E-state index contributed by atoms with van der Waals surface area (Å²) in [7, 11) is -3.37. The Hall–Kier alpha value is -0.620. The van der Waals surface area contributed by atoms with Crippen LogP contribution in [0.2, 0.25) is 0 Å². The lowest BCUT2D eigenvalue weighted by molar-refractivity contribution is 0.428. The molecule has 0 radical (unpaired) electrons. The first-order valence-electron chi connectivity index (χ1n) is 6.44. The third-order valence-electron chi connectivity index (χ3n) is 3.26. The number of hydrogen-bond donors (Lipinski definition) is 2. The van der Waals surface area contributed by atoms with Gasteiger partial charge < -0.3 is 5.32 Å². The van der Waals surface area contributed by atoms with Crippen molar-refractivity contribution in [1.29, 1.82) is 0 Å². The summed E-state index contributed by atoms with van der Waals surface area (Å²) in [6, 6.07) is 7.10. The molecule has 1 saturated heterocycles. The van der Waals surface area contributed by atoms with Crippen LogP contribution in [0.1, 0.15) is 25.3 Å². The molecule has 19 heavy (non-hydrogen) atoms. The van der Waals surface area contributed by atoms with Gasteiger partial charge in [-0.1, -0.05) is 19.1 Å². The van der Waals surface area contributed by atoms with E-state index in [2.05, 4.69) is 17.0 Å². The molecule has 0 aromatic heterocycles. The molecule has 108 valence electrons. The Morgan fingerprint density at radius 1 is 1.32 bits per heavy atom. The molecule has 1 aliphatic rings. The third kappa shape index (κ3) is 4.45. The molecule has 1 atom stereocenters. The van der Waals surface area contributed by atoms with E-state index in [1.165, 1.54) is 0 Å².